The first kappa shape index (κ1) is 12.7. The van der Waals surface area contributed by atoms with E-state index < -0.39 is 18.2 Å². The van der Waals surface area contributed by atoms with Gasteiger partial charge in [-0.1, -0.05) is 30.3 Å². The average molecular weight is 224 g/mol. The number of aliphatic hydroxyl groups excluding tert-OH is 2. The maximum Gasteiger partial charge on any atom is 0.308 e. The molecule has 0 aliphatic carbocycles. The number of hydrogen-bond acceptors (Lipinski definition) is 4. The van der Waals surface area contributed by atoms with E-state index in [0.29, 0.717) is 0 Å². The highest BCUT2D eigenvalue weighted by Crippen LogP contribution is 2.19. The SMILES string of the molecule is COC(=O)CC(O)CC(O)c1ccccc1. The zero-order valence-corrected chi connectivity index (χ0v) is 9.17. The Labute approximate surface area is 94.5 Å². The summed E-state index contributed by atoms with van der Waals surface area (Å²) in [6.45, 7) is 0. The molecule has 0 spiro atoms. The topological polar surface area (TPSA) is 66.8 Å². The van der Waals surface area contributed by atoms with Gasteiger partial charge in [0.25, 0.3) is 0 Å². The van der Waals surface area contributed by atoms with Gasteiger partial charge < -0.3 is 14.9 Å². The van der Waals surface area contributed by atoms with Crippen LogP contribution < -0.4 is 0 Å². The molecule has 1 aromatic carbocycles. The van der Waals surface area contributed by atoms with Crippen molar-refractivity contribution >= 4 is 5.97 Å². The van der Waals surface area contributed by atoms with E-state index in [0.717, 1.165) is 5.56 Å². The number of methoxy groups -OCH3 is 1. The third-order valence-corrected chi connectivity index (χ3v) is 2.31. The van der Waals surface area contributed by atoms with Gasteiger partial charge >= 0.3 is 5.97 Å². The molecule has 0 saturated carbocycles. The highest BCUT2D eigenvalue weighted by Gasteiger charge is 2.16. The molecule has 0 amide bonds. The van der Waals surface area contributed by atoms with Gasteiger partial charge in [0.2, 0.25) is 0 Å². The number of carbonyl (C=O) groups excluding carboxylic acids is 1. The van der Waals surface area contributed by atoms with E-state index in [1.807, 2.05) is 18.2 Å². The van der Waals surface area contributed by atoms with Crippen molar-refractivity contribution in [1.29, 1.82) is 0 Å². The summed E-state index contributed by atoms with van der Waals surface area (Å²) in [6.07, 6.45) is -1.62. The van der Waals surface area contributed by atoms with Crippen LogP contribution in [0.5, 0.6) is 0 Å². The number of rotatable bonds is 5. The lowest BCUT2D eigenvalue weighted by Gasteiger charge is -2.14. The molecule has 4 heteroatoms. The molecular formula is C12H16O4. The van der Waals surface area contributed by atoms with Crippen LogP contribution in [0, 0.1) is 0 Å². The summed E-state index contributed by atoms with van der Waals surface area (Å²) in [4.78, 5) is 10.9. The van der Waals surface area contributed by atoms with Crippen LogP contribution >= 0.6 is 0 Å². The first-order chi connectivity index (χ1) is 7.63. The van der Waals surface area contributed by atoms with Crippen LogP contribution in [-0.4, -0.2) is 29.4 Å². The van der Waals surface area contributed by atoms with E-state index >= 15 is 0 Å². The number of benzene rings is 1. The minimum absolute atomic E-state index is 0.0968. The maximum absolute atomic E-state index is 10.9. The fourth-order valence-electron chi connectivity index (χ4n) is 1.43. The van der Waals surface area contributed by atoms with Gasteiger partial charge in [0.1, 0.15) is 0 Å². The number of hydrogen-bond donors (Lipinski definition) is 2. The Bertz CT molecular complexity index is 323. The Hall–Kier alpha value is -1.39. The van der Waals surface area contributed by atoms with E-state index in [2.05, 4.69) is 4.74 Å². The number of ether oxygens (including phenoxy) is 1. The van der Waals surface area contributed by atoms with Crippen molar-refractivity contribution in [3.8, 4) is 0 Å². The van der Waals surface area contributed by atoms with Crippen molar-refractivity contribution in [3.05, 3.63) is 35.9 Å². The monoisotopic (exact) mass is 224 g/mol. The standard InChI is InChI=1S/C12H16O4/c1-16-12(15)8-10(13)7-11(14)9-5-3-2-4-6-9/h2-6,10-11,13-14H,7-8H2,1H3. The Morgan fingerprint density at radius 1 is 1.31 bits per heavy atom. The number of esters is 1. The molecule has 0 saturated heterocycles. The second-order valence-corrected chi connectivity index (χ2v) is 3.60. The molecule has 1 rings (SSSR count). The van der Waals surface area contributed by atoms with E-state index in [9.17, 15) is 15.0 Å². The Balaban J connectivity index is 2.45. The lowest BCUT2D eigenvalue weighted by molar-refractivity contribution is -0.143. The van der Waals surface area contributed by atoms with Crippen molar-refractivity contribution in [1.82, 2.24) is 0 Å². The molecule has 0 aliphatic rings. The third-order valence-electron chi connectivity index (χ3n) is 2.31. The fourth-order valence-corrected chi connectivity index (χ4v) is 1.43. The maximum atomic E-state index is 10.9. The molecule has 0 fully saturated rings. The van der Waals surface area contributed by atoms with Crippen molar-refractivity contribution in [2.24, 2.45) is 0 Å². The van der Waals surface area contributed by atoms with E-state index in [1.54, 1.807) is 12.1 Å². The minimum atomic E-state index is -0.886. The molecule has 4 nitrogen and oxygen atoms in total. The van der Waals surface area contributed by atoms with Crippen LogP contribution in [0.3, 0.4) is 0 Å². The van der Waals surface area contributed by atoms with Crippen LogP contribution in [0.1, 0.15) is 24.5 Å². The van der Waals surface area contributed by atoms with Gasteiger partial charge in [0.15, 0.2) is 0 Å². The van der Waals surface area contributed by atoms with Gasteiger partial charge in [-0.2, -0.15) is 0 Å². The van der Waals surface area contributed by atoms with Crippen LogP contribution in [0.25, 0.3) is 0 Å². The molecule has 88 valence electrons. The van der Waals surface area contributed by atoms with E-state index in [-0.39, 0.29) is 12.8 Å². The molecule has 0 heterocycles. The third kappa shape index (κ3) is 4.00. The van der Waals surface area contributed by atoms with Crippen LogP contribution in [0.2, 0.25) is 0 Å². The highest BCUT2D eigenvalue weighted by atomic mass is 16.5. The van der Waals surface area contributed by atoms with Gasteiger partial charge in [-0.3, -0.25) is 4.79 Å². The Morgan fingerprint density at radius 2 is 1.94 bits per heavy atom. The van der Waals surface area contributed by atoms with Crippen molar-refractivity contribution < 1.29 is 19.7 Å². The quantitative estimate of drug-likeness (QED) is 0.733. The summed E-state index contributed by atoms with van der Waals surface area (Å²) in [5, 5.41) is 19.3. The first-order valence-electron chi connectivity index (χ1n) is 5.11. The summed E-state index contributed by atoms with van der Waals surface area (Å²) in [5.74, 6) is -0.479. The smallest absolute Gasteiger partial charge is 0.308 e. The van der Waals surface area contributed by atoms with E-state index in [4.69, 9.17) is 0 Å². The Kier molecular flexibility index (Phi) is 4.95. The molecule has 2 atom stereocenters. The molecule has 2 N–H and O–H groups in total. The van der Waals surface area contributed by atoms with Gasteiger partial charge in [-0.05, 0) is 5.56 Å². The molecule has 1 aromatic rings. The lowest BCUT2D eigenvalue weighted by atomic mass is 10.0. The van der Waals surface area contributed by atoms with Gasteiger partial charge in [0, 0.05) is 6.42 Å². The summed E-state index contributed by atoms with van der Waals surface area (Å²) >= 11 is 0. The minimum Gasteiger partial charge on any atom is -0.469 e. The van der Waals surface area contributed by atoms with E-state index in [1.165, 1.54) is 7.11 Å². The van der Waals surface area contributed by atoms with Crippen LogP contribution in [0.15, 0.2) is 30.3 Å². The highest BCUT2D eigenvalue weighted by molar-refractivity contribution is 5.69. The molecule has 16 heavy (non-hydrogen) atoms. The zero-order chi connectivity index (χ0) is 12.0. The first-order valence-corrected chi connectivity index (χ1v) is 5.11. The summed E-state index contributed by atoms with van der Waals surface area (Å²) in [6, 6.07) is 9.02. The van der Waals surface area contributed by atoms with Crippen LogP contribution in [0.4, 0.5) is 0 Å². The second-order valence-electron chi connectivity index (χ2n) is 3.60. The molecule has 2 unspecified atom stereocenters. The largest absolute Gasteiger partial charge is 0.469 e. The normalized spacial score (nSPS) is 14.2. The Morgan fingerprint density at radius 3 is 2.50 bits per heavy atom. The average Bonchev–Trinajstić information content (AvgIpc) is 2.29. The van der Waals surface area contributed by atoms with Crippen molar-refractivity contribution in [3.63, 3.8) is 0 Å². The summed E-state index contributed by atoms with van der Waals surface area (Å²) in [7, 11) is 1.27. The fraction of sp³-hybridized carbons (Fsp3) is 0.417. The molecule has 0 aliphatic heterocycles. The predicted octanol–water partition coefficient (Wildman–Crippen LogP) is 1.03. The molecule has 0 bridgehead atoms. The van der Waals surface area contributed by atoms with Crippen molar-refractivity contribution in [2.45, 2.75) is 25.0 Å². The second kappa shape index (κ2) is 6.25. The predicted molar refractivity (Wildman–Crippen MR) is 58.7 cm³/mol. The van der Waals surface area contributed by atoms with Gasteiger partial charge in [-0.15, -0.1) is 0 Å². The van der Waals surface area contributed by atoms with Crippen molar-refractivity contribution in [2.75, 3.05) is 7.11 Å². The summed E-state index contributed by atoms with van der Waals surface area (Å²) < 4.78 is 4.43. The number of aliphatic hydroxyl groups is 2. The zero-order valence-electron chi connectivity index (χ0n) is 9.17. The molecular weight excluding hydrogens is 208 g/mol. The molecule has 0 aromatic heterocycles. The summed E-state index contributed by atoms with van der Waals surface area (Å²) in [5.41, 5.74) is 0.728. The van der Waals surface area contributed by atoms with Crippen LogP contribution in [-0.2, 0) is 9.53 Å². The lowest BCUT2D eigenvalue weighted by Crippen LogP contribution is -2.17. The molecule has 0 radical (unpaired) electrons. The van der Waals surface area contributed by atoms with Gasteiger partial charge in [0.05, 0.1) is 25.7 Å². The van der Waals surface area contributed by atoms with Gasteiger partial charge in [-0.25, -0.2) is 0 Å². The number of carbonyl (C=O) groups is 1.